The van der Waals surface area contributed by atoms with Gasteiger partial charge in [-0.25, -0.2) is 13.2 Å². The Kier molecular flexibility index (Phi) is 4.06. The molecule has 19 heavy (non-hydrogen) atoms. The highest BCUT2D eigenvalue weighted by molar-refractivity contribution is 5.39. The van der Waals surface area contributed by atoms with Crippen LogP contribution in [0.1, 0.15) is 5.56 Å². The molecule has 100 valence electrons. The second-order valence-corrected chi connectivity index (χ2v) is 3.93. The molecule has 5 heteroatoms. The number of ether oxygens (including phenoxy) is 1. The van der Waals surface area contributed by atoms with Crippen molar-refractivity contribution in [2.24, 2.45) is 5.73 Å². The van der Waals surface area contributed by atoms with Crippen LogP contribution in [0, 0.1) is 17.5 Å². The fourth-order valence-corrected chi connectivity index (χ4v) is 1.69. The molecule has 0 aliphatic rings. The summed E-state index contributed by atoms with van der Waals surface area (Å²) in [5.41, 5.74) is 5.72. The maximum Gasteiger partial charge on any atom is 0.162 e. The van der Waals surface area contributed by atoms with Crippen molar-refractivity contribution >= 4 is 0 Å². The molecule has 0 fully saturated rings. The Morgan fingerprint density at radius 2 is 1.74 bits per heavy atom. The Labute approximate surface area is 108 Å². The summed E-state index contributed by atoms with van der Waals surface area (Å²) < 4.78 is 44.8. The Bertz CT molecular complexity index is 587. The molecule has 0 atom stereocenters. The molecule has 0 radical (unpaired) electrons. The van der Waals surface area contributed by atoms with E-state index in [2.05, 4.69) is 0 Å². The lowest BCUT2D eigenvalue weighted by molar-refractivity contribution is 0.451. The quantitative estimate of drug-likeness (QED) is 0.921. The third kappa shape index (κ3) is 3.06. The second kappa shape index (κ2) is 5.75. The molecule has 2 aromatic rings. The Balaban J connectivity index is 2.32. The first kappa shape index (κ1) is 13.4. The SMILES string of the molecule is NCCc1c(F)cccc1Oc1ccc(F)c(F)c1. The molecule has 0 bridgehead atoms. The molecule has 2 aromatic carbocycles. The zero-order valence-corrected chi connectivity index (χ0v) is 10.00. The van der Waals surface area contributed by atoms with Crippen molar-refractivity contribution in [2.75, 3.05) is 6.54 Å². The first-order chi connectivity index (χ1) is 9.11. The lowest BCUT2D eigenvalue weighted by Gasteiger charge is -2.11. The van der Waals surface area contributed by atoms with E-state index in [0.29, 0.717) is 12.0 Å². The van der Waals surface area contributed by atoms with Crippen molar-refractivity contribution in [3.05, 3.63) is 59.4 Å². The van der Waals surface area contributed by atoms with Crippen LogP contribution in [-0.4, -0.2) is 6.54 Å². The summed E-state index contributed by atoms with van der Waals surface area (Å²) in [5, 5.41) is 0. The predicted molar refractivity (Wildman–Crippen MR) is 65.6 cm³/mol. The standard InChI is InChI=1S/C14H12F3NO/c15-11-2-1-3-14(10(11)6-7-18)19-9-4-5-12(16)13(17)8-9/h1-5,8H,6-7,18H2. The maximum atomic E-state index is 13.6. The molecule has 0 saturated heterocycles. The van der Waals surface area contributed by atoms with Crippen LogP contribution in [0.25, 0.3) is 0 Å². The highest BCUT2D eigenvalue weighted by Gasteiger charge is 2.11. The molecule has 0 aromatic heterocycles. The average Bonchev–Trinajstić information content (AvgIpc) is 2.38. The van der Waals surface area contributed by atoms with E-state index in [0.717, 1.165) is 12.1 Å². The van der Waals surface area contributed by atoms with Crippen LogP contribution in [0.3, 0.4) is 0 Å². The molecule has 0 spiro atoms. The lowest BCUT2D eigenvalue weighted by Crippen LogP contribution is -2.06. The van der Waals surface area contributed by atoms with Crippen LogP contribution in [0.15, 0.2) is 36.4 Å². The van der Waals surface area contributed by atoms with Gasteiger partial charge in [0.1, 0.15) is 17.3 Å². The van der Waals surface area contributed by atoms with Crippen molar-refractivity contribution in [1.82, 2.24) is 0 Å². The first-order valence-electron chi connectivity index (χ1n) is 5.72. The first-order valence-corrected chi connectivity index (χ1v) is 5.72. The van der Waals surface area contributed by atoms with Gasteiger partial charge in [0.2, 0.25) is 0 Å². The van der Waals surface area contributed by atoms with Gasteiger partial charge in [-0.05, 0) is 37.2 Å². The summed E-state index contributed by atoms with van der Waals surface area (Å²) in [6, 6.07) is 7.46. The summed E-state index contributed by atoms with van der Waals surface area (Å²) in [7, 11) is 0. The second-order valence-electron chi connectivity index (χ2n) is 3.93. The smallest absolute Gasteiger partial charge is 0.162 e. The van der Waals surface area contributed by atoms with Gasteiger partial charge in [0.15, 0.2) is 11.6 Å². The summed E-state index contributed by atoms with van der Waals surface area (Å²) >= 11 is 0. The molecule has 0 saturated carbocycles. The van der Waals surface area contributed by atoms with E-state index in [1.54, 1.807) is 6.07 Å². The van der Waals surface area contributed by atoms with Gasteiger partial charge < -0.3 is 10.5 Å². The number of hydrogen-bond acceptors (Lipinski definition) is 2. The van der Waals surface area contributed by atoms with Gasteiger partial charge in [-0.2, -0.15) is 0 Å². The van der Waals surface area contributed by atoms with Crippen LogP contribution < -0.4 is 10.5 Å². The lowest BCUT2D eigenvalue weighted by atomic mass is 10.1. The van der Waals surface area contributed by atoms with Gasteiger partial charge in [0, 0.05) is 11.6 Å². The van der Waals surface area contributed by atoms with E-state index < -0.39 is 17.5 Å². The van der Waals surface area contributed by atoms with E-state index in [1.165, 1.54) is 18.2 Å². The van der Waals surface area contributed by atoms with E-state index in [-0.39, 0.29) is 18.0 Å². The van der Waals surface area contributed by atoms with E-state index in [9.17, 15) is 13.2 Å². The van der Waals surface area contributed by atoms with Crippen LogP contribution in [0.4, 0.5) is 13.2 Å². The Hall–Kier alpha value is -2.01. The van der Waals surface area contributed by atoms with E-state index in [1.807, 2.05) is 0 Å². The fourth-order valence-electron chi connectivity index (χ4n) is 1.69. The van der Waals surface area contributed by atoms with Gasteiger partial charge in [0.25, 0.3) is 0 Å². The predicted octanol–water partition coefficient (Wildman–Crippen LogP) is 3.40. The summed E-state index contributed by atoms with van der Waals surface area (Å²) in [6.45, 7) is 0.259. The third-order valence-electron chi connectivity index (χ3n) is 2.59. The highest BCUT2D eigenvalue weighted by atomic mass is 19.2. The number of nitrogens with two attached hydrogens (primary N) is 1. The minimum absolute atomic E-state index is 0.0998. The van der Waals surface area contributed by atoms with Crippen molar-refractivity contribution in [2.45, 2.75) is 6.42 Å². The number of benzene rings is 2. The maximum absolute atomic E-state index is 13.6. The minimum Gasteiger partial charge on any atom is -0.457 e. The highest BCUT2D eigenvalue weighted by Crippen LogP contribution is 2.28. The molecule has 2 N–H and O–H groups in total. The van der Waals surface area contributed by atoms with E-state index in [4.69, 9.17) is 10.5 Å². The summed E-state index contributed by atoms with van der Waals surface area (Å²) in [6.07, 6.45) is 0.297. The van der Waals surface area contributed by atoms with Gasteiger partial charge in [0.05, 0.1) is 0 Å². The number of rotatable bonds is 4. The summed E-state index contributed by atoms with van der Waals surface area (Å²) in [4.78, 5) is 0. The van der Waals surface area contributed by atoms with Gasteiger partial charge in [-0.15, -0.1) is 0 Å². The topological polar surface area (TPSA) is 35.2 Å². The van der Waals surface area contributed by atoms with Crippen LogP contribution in [0.2, 0.25) is 0 Å². The largest absolute Gasteiger partial charge is 0.457 e. The fraction of sp³-hybridized carbons (Fsp3) is 0.143. The van der Waals surface area contributed by atoms with E-state index >= 15 is 0 Å². The Morgan fingerprint density at radius 3 is 2.42 bits per heavy atom. The molecule has 0 heterocycles. The molecule has 0 aliphatic heterocycles. The third-order valence-corrected chi connectivity index (χ3v) is 2.59. The Morgan fingerprint density at radius 1 is 0.947 bits per heavy atom. The molecular formula is C14H12F3NO. The summed E-state index contributed by atoms with van der Waals surface area (Å²) in [5.74, 6) is -2.08. The zero-order valence-electron chi connectivity index (χ0n) is 10.00. The molecular weight excluding hydrogens is 255 g/mol. The molecule has 0 amide bonds. The van der Waals surface area contributed by atoms with Crippen LogP contribution >= 0.6 is 0 Å². The molecule has 2 rings (SSSR count). The van der Waals surface area contributed by atoms with Gasteiger partial charge in [-0.1, -0.05) is 6.07 Å². The van der Waals surface area contributed by atoms with Crippen molar-refractivity contribution in [3.8, 4) is 11.5 Å². The molecule has 0 aliphatic carbocycles. The average molecular weight is 267 g/mol. The molecule has 2 nitrogen and oxygen atoms in total. The van der Waals surface area contributed by atoms with Crippen LogP contribution in [-0.2, 0) is 6.42 Å². The number of hydrogen-bond donors (Lipinski definition) is 1. The molecule has 0 unspecified atom stereocenters. The normalized spacial score (nSPS) is 10.5. The minimum atomic E-state index is -1.02. The van der Waals surface area contributed by atoms with Gasteiger partial charge >= 0.3 is 0 Å². The van der Waals surface area contributed by atoms with Crippen molar-refractivity contribution in [1.29, 1.82) is 0 Å². The van der Waals surface area contributed by atoms with Crippen LogP contribution in [0.5, 0.6) is 11.5 Å². The van der Waals surface area contributed by atoms with Crippen molar-refractivity contribution in [3.63, 3.8) is 0 Å². The monoisotopic (exact) mass is 267 g/mol. The van der Waals surface area contributed by atoms with Crippen molar-refractivity contribution < 1.29 is 17.9 Å². The van der Waals surface area contributed by atoms with Gasteiger partial charge in [-0.3, -0.25) is 0 Å². The zero-order chi connectivity index (χ0) is 13.8. The number of halogens is 3.